The number of pyridine rings is 1. The Hall–Kier alpha value is -1.35. The van der Waals surface area contributed by atoms with E-state index in [0.717, 1.165) is 12.0 Å². The molecule has 1 aromatic heterocycles. The van der Waals surface area contributed by atoms with E-state index < -0.39 is 5.97 Å². The van der Waals surface area contributed by atoms with Crippen molar-refractivity contribution in [3.05, 3.63) is 35.7 Å². The fourth-order valence-electron chi connectivity index (χ4n) is 1.08. The zero-order chi connectivity index (χ0) is 11.1. The fraction of sp³-hybridized carbons (Fsp3) is 0.273. The molecule has 1 N–H and O–H groups in total. The van der Waals surface area contributed by atoms with Crippen molar-refractivity contribution in [2.24, 2.45) is 0 Å². The van der Waals surface area contributed by atoms with Crippen molar-refractivity contribution in [3.8, 4) is 0 Å². The van der Waals surface area contributed by atoms with E-state index in [1.807, 2.05) is 18.2 Å². The molecule has 0 fully saturated rings. The molecule has 1 aromatic rings. The number of alkyl halides is 1. The lowest BCUT2D eigenvalue weighted by Crippen LogP contribution is -2.01. The molecule has 0 bridgehead atoms. The number of hydrogen-bond acceptors (Lipinski definition) is 2. The second-order valence-corrected chi connectivity index (χ2v) is 3.41. The van der Waals surface area contributed by atoms with Gasteiger partial charge < -0.3 is 5.11 Å². The van der Waals surface area contributed by atoms with Crippen molar-refractivity contribution in [2.45, 2.75) is 12.8 Å². The maximum absolute atomic E-state index is 10.4. The van der Waals surface area contributed by atoms with Crippen LogP contribution in [-0.2, 0) is 11.2 Å². The molecule has 0 aromatic carbocycles. The molecule has 0 saturated carbocycles. The molecular weight excluding hydrogens is 214 g/mol. The molecule has 0 radical (unpaired) electrons. The normalized spacial score (nSPS) is 10.7. The Balaban J connectivity index is 2.60. The third kappa shape index (κ3) is 4.61. The second-order valence-electron chi connectivity index (χ2n) is 3.03. The molecule has 0 unspecified atom stereocenters. The summed E-state index contributed by atoms with van der Waals surface area (Å²) in [5.74, 6) is -0.269. The van der Waals surface area contributed by atoms with Crippen molar-refractivity contribution in [3.63, 3.8) is 0 Å². The van der Waals surface area contributed by atoms with Gasteiger partial charge in [0, 0.05) is 12.1 Å². The number of halogens is 1. The first-order valence-corrected chi connectivity index (χ1v) is 5.15. The predicted molar refractivity (Wildman–Crippen MR) is 59.9 cm³/mol. The average molecular weight is 226 g/mol. The Morgan fingerprint density at radius 2 is 2.33 bits per heavy atom. The molecule has 3 nitrogen and oxygen atoms in total. The maximum Gasteiger partial charge on any atom is 0.309 e. The summed E-state index contributed by atoms with van der Waals surface area (Å²) in [6.45, 7) is 0. The largest absolute Gasteiger partial charge is 0.481 e. The fourth-order valence-corrected chi connectivity index (χ4v) is 1.20. The van der Waals surface area contributed by atoms with E-state index in [9.17, 15) is 4.79 Å². The molecule has 0 aliphatic rings. The minimum atomic E-state index is -0.868. The third-order valence-electron chi connectivity index (χ3n) is 1.77. The molecule has 0 aliphatic heterocycles. The van der Waals surface area contributed by atoms with Crippen LogP contribution in [0.5, 0.6) is 0 Å². The van der Waals surface area contributed by atoms with E-state index in [1.54, 1.807) is 12.3 Å². The molecule has 1 rings (SSSR count). The summed E-state index contributed by atoms with van der Waals surface area (Å²) < 4.78 is 0. The highest BCUT2D eigenvalue weighted by Crippen LogP contribution is 2.04. The molecule has 0 spiro atoms. The number of nitrogens with zero attached hydrogens (tertiary/aromatic N) is 1. The second kappa shape index (κ2) is 6.19. The van der Waals surface area contributed by atoms with Gasteiger partial charge in [0.15, 0.2) is 0 Å². The molecule has 0 amide bonds. The van der Waals surface area contributed by atoms with Crippen LogP contribution in [0.15, 0.2) is 24.4 Å². The average Bonchev–Trinajstić information content (AvgIpc) is 2.20. The van der Waals surface area contributed by atoms with Gasteiger partial charge in [0.1, 0.15) is 0 Å². The van der Waals surface area contributed by atoms with Crippen LogP contribution in [0.25, 0.3) is 6.08 Å². The first-order valence-electron chi connectivity index (χ1n) is 4.61. The monoisotopic (exact) mass is 225 g/mol. The van der Waals surface area contributed by atoms with Crippen molar-refractivity contribution in [2.75, 3.05) is 5.88 Å². The number of carboxylic acid groups (broad SMARTS) is 1. The lowest BCUT2D eigenvalue weighted by atomic mass is 10.2. The van der Waals surface area contributed by atoms with Crippen molar-refractivity contribution < 1.29 is 9.90 Å². The number of rotatable bonds is 5. The molecule has 0 aliphatic carbocycles. The van der Waals surface area contributed by atoms with Gasteiger partial charge in [-0.3, -0.25) is 9.78 Å². The number of aliphatic carboxylic acids is 1. The van der Waals surface area contributed by atoms with Gasteiger partial charge in [0.05, 0.1) is 12.1 Å². The predicted octanol–water partition coefficient (Wildman–Crippen LogP) is 2.35. The topological polar surface area (TPSA) is 50.2 Å². The molecule has 80 valence electrons. The van der Waals surface area contributed by atoms with E-state index in [1.165, 1.54) is 0 Å². The smallest absolute Gasteiger partial charge is 0.309 e. The first kappa shape index (κ1) is 11.7. The maximum atomic E-state index is 10.4. The standard InChI is InChI=1S/C11H12ClNO2/c12-6-2-1-3-9-4-5-10(13-8-9)7-11(14)15/h1,3-5,8H,2,6-7H2,(H,14,15). The molecule has 0 atom stereocenters. The molecule has 4 heteroatoms. The van der Waals surface area contributed by atoms with Crippen LogP contribution in [0, 0.1) is 0 Å². The number of carbonyl (C=O) groups is 1. The van der Waals surface area contributed by atoms with Crippen molar-refractivity contribution in [1.29, 1.82) is 0 Å². The van der Waals surface area contributed by atoms with Crippen LogP contribution in [0.4, 0.5) is 0 Å². The summed E-state index contributed by atoms with van der Waals surface area (Å²) in [6, 6.07) is 3.56. The highest BCUT2D eigenvalue weighted by atomic mass is 35.5. The van der Waals surface area contributed by atoms with E-state index in [-0.39, 0.29) is 6.42 Å². The minimum Gasteiger partial charge on any atom is -0.481 e. The van der Waals surface area contributed by atoms with Crippen LogP contribution < -0.4 is 0 Å². The quantitative estimate of drug-likeness (QED) is 0.783. The van der Waals surface area contributed by atoms with Gasteiger partial charge in [-0.2, -0.15) is 0 Å². The van der Waals surface area contributed by atoms with Gasteiger partial charge in [-0.05, 0) is 18.1 Å². The zero-order valence-electron chi connectivity index (χ0n) is 8.19. The number of allylic oxidation sites excluding steroid dienone is 1. The minimum absolute atomic E-state index is 0.0360. The molecule has 0 saturated heterocycles. The van der Waals surface area contributed by atoms with Crippen LogP contribution in [0.1, 0.15) is 17.7 Å². The highest BCUT2D eigenvalue weighted by molar-refractivity contribution is 6.17. The van der Waals surface area contributed by atoms with Crippen LogP contribution >= 0.6 is 11.6 Å². The van der Waals surface area contributed by atoms with Crippen LogP contribution in [0.2, 0.25) is 0 Å². The lowest BCUT2D eigenvalue weighted by Gasteiger charge is -1.96. The zero-order valence-corrected chi connectivity index (χ0v) is 8.94. The van der Waals surface area contributed by atoms with Gasteiger partial charge in [-0.25, -0.2) is 0 Å². The van der Waals surface area contributed by atoms with Crippen molar-refractivity contribution in [1.82, 2.24) is 4.98 Å². The third-order valence-corrected chi connectivity index (χ3v) is 1.98. The molecule has 1 heterocycles. The molecule has 15 heavy (non-hydrogen) atoms. The Kier molecular flexibility index (Phi) is 4.84. The number of carboxylic acids is 1. The summed E-state index contributed by atoms with van der Waals surface area (Å²) in [6.07, 6.45) is 6.31. The van der Waals surface area contributed by atoms with Crippen LogP contribution in [-0.4, -0.2) is 21.9 Å². The van der Waals surface area contributed by atoms with E-state index in [4.69, 9.17) is 16.7 Å². The van der Waals surface area contributed by atoms with Gasteiger partial charge in [0.2, 0.25) is 0 Å². The Bertz CT molecular complexity index is 346. The first-order chi connectivity index (χ1) is 7.22. The number of aromatic nitrogens is 1. The van der Waals surface area contributed by atoms with E-state index in [2.05, 4.69) is 4.98 Å². The summed E-state index contributed by atoms with van der Waals surface area (Å²) in [5, 5.41) is 8.54. The van der Waals surface area contributed by atoms with Gasteiger partial charge in [0.25, 0.3) is 0 Å². The van der Waals surface area contributed by atoms with E-state index in [0.29, 0.717) is 11.6 Å². The summed E-state index contributed by atoms with van der Waals surface area (Å²) in [4.78, 5) is 14.4. The molecular formula is C11H12ClNO2. The summed E-state index contributed by atoms with van der Waals surface area (Å²) in [7, 11) is 0. The lowest BCUT2D eigenvalue weighted by molar-refractivity contribution is -0.136. The Morgan fingerprint density at radius 1 is 1.53 bits per heavy atom. The summed E-state index contributed by atoms with van der Waals surface area (Å²) in [5.41, 5.74) is 1.52. The van der Waals surface area contributed by atoms with Crippen LogP contribution in [0.3, 0.4) is 0 Å². The SMILES string of the molecule is O=C(O)Cc1ccc(C=CCCCl)cn1. The van der Waals surface area contributed by atoms with Gasteiger partial charge >= 0.3 is 5.97 Å². The Morgan fingerprint density at radius 3 is 2.87 bits per heavy atom. The van der Waals surface area contributed by atoms with Crippen molar-refractivity contribution >= 4 is 23.6 Å². The highest BCUT2D eigenvalue weighted by Gasteiger charge is 2.00. The van der Waals surface area contributed by atoms with E-state index >= 15 is 0 Å². The Labute approximate surface area is 93.4 Å². The number of hydrogen-bond donors (Lipinski definition) is 1. The van der Waals surface area contributed by atoms with Gasteiger partial charge in [-0.15, -0.1) is 11.6 Å². The van der Waals surface area contributed by atoms with Gasteiger partial charge in [-0.1, -0.05) is 18.2 Å². The summed E-state index contributed by atoms with van der Waals surface area (Å²) >= 11 is 5.52.